The van der Waals surface area contributed by atoms with Crippen LogP contribution in [0.2, 0.25) is 0 Å². The Bertz CT molecular complexity index is 1510. The summed E-state index contributed by atoms with van der Waals surface area (Å²) < 4.78 is 12.0. The number of barbiturate groups is 1. The maximum Gasteiger partial charge on any atom is 0.335 e. The minimum Gasteiger partial charge on any atom is -0.490 e. The third-order valence-corrected chi connectivity index (χ3v) is 6.11. The number of aromatic carboxylic acids is 1. The second-order valence-electron chi connectivity index (χ2n) is 9.02. The Kier molecular flexibility index (Phi) is 8.44. The van der Waals surface area contributed by atoms with E-state index in [9.17, 15) is 19.2 Å². The number of benzene rings is 3. The predicted molar refractivity (Wildman–Crippen MR) is 149 cm³/mol. The van der Waals surface area contributed by atoms with Crippen LogP contribution in [0.15, 0.2) is 78.9 Å². The molecule has 1 aliphatic heterocycles. The zero-order chi connectivity index (χ0) is 28.8. The van der Waals surface area contributed by atoms with Crippen LogP contribution in [0.4, 0.5) is 10.5 Å². The lowest BCUT2D eigenvalue weighted by Gasteiger charge is -2.26. The zero-order valence-electron chi connectivity index (χ0n) is 22.1. The van der Waals surface area contributed by atoms with Gasteiger partial charge < -0.3 is 14.6 Å². The number of anilines is 1. The number of urea groups is 1. The highest BCUT2D eigenvalue weighted by Gasteiger charge is 2.36. The molecule has 40 heavy (non-hydrogen) atoms. The van der Waals surface area contributed by atoms with Gasteiger partial charge in [-0.1, -0.05) is 35.9 Å². The van der Waals surface area contributed by atoms with E-state index in [1.54, 1.807) is 54.6 Å². The van der Waals surface area contributed by atoms with Crippen LogP contribution in [0.5, 0.6) is 11.5 Å². The Morgan fingerprint density at radius 2 is 1.73 bits per heavy atom. The normalized spacial score (nSPS) is 14.2. The van der Waals surface area contributed by atoms with E-state index in [2.05, 4.69) is 11.9 Å². The number of ether oxygens (including phenoxy) is 2. The van der Waals surface area contributed by atoms with Crippen LogP contribution in [0.3, 0.4) is 0 Å². The van der Waals surface area contributed by atoms with Crippen molar-refractivity contribution in [1.29, 1.82) is 0 Å². The first-order valence-electron chi connectivity index (χ1n) is 12.6. The summed E-state index contributed by atoms with van der Waals surface area (Å²) in [6, 6.07) is 15.7. The molecule has 0 bridgehead atoms. The average Bonchev–Trinajstić information content (AvgIpc) is 2.92. The van der Waals surface area contributed by atoms with Gasteiger partial charge in [-0.25, -0.2) is 14.5 Å². The van der Waals surface area contributed by atoms with Crippen LogP contribution >= 0.6 is 0 Å². The summed E-state index contributed by atoms with van der Waals surface area (Å²) in [5, 5.41) is 11.4. The molecule has 4 rings (SSSR count). The lowest BCUT2D eigenvalue weighted by Crippen LogP contribution is -2.54. The largest absolute Gasteiger partial charge is 0.490 e. The monoisotopic (exact) mass is 540 g/mol. The van der Waals surface area contributed by atoms with Crippen molar-refractivity contribution < 1.29 is 33.8 Å². The number of carboxylic acids is 1. The summed E-state index contributed by atoms with van der Waals surface area (Å²) in [6.07, 6.45) is 3.50. The SMILES string of the molecule is C=CCc1cc(/C=C2\C(=O)NC(=O)N(c3ccc(C)cc3)C2=O)cc(OCC)c1OCc1ccc(C(=O)O)cc1. The molecule has 4 amide bonds. The quantitative estimate of drug-likeness (QED) is 0.209. The molecule has 3 aromatic rings. The maximum atomic E-state index is 13.3. The van der Waals surface area contributed by atoms with E-state index < -0.39 is 23.8 Å². The topological polar surface area (TPSA) is 122 Å². The first kappa shape index (κ1) is 27.8. The molecule has 0 atom stereocenters. The molecule has 0 saturated carbocycles. The van der Waals surface area contributed by atoms with Crippen molar-refractivity contribution in [3.05, 3.63) is 107 Å². The molecule has 3 aromatic carbocycles. The molecule has 1 fully saturated rings. The fraction of sp³-hybridized carbons (Fsp3) is 0.161. The Balaban J connectivity index is 1.69. The van der Waals surface area contributed by atoms with Crippen LogP contribution in [0.25, 0.3) is 6.08 Å². The van der Waals surface area contributed by atoms with Gasteiger partial charge in [0.1, 0.15) is 12.2 Å². The number of carbonyl (C=O) groups excluding carboxylic acids is 3. The first-order valence-corrected chi connectivity index (χ1v) is 12.6. The number of hydrogen-bond donors (Lipinski definition) is 2. The maximum absolute atomic E-state index is 13.3. The van der Waals surface area contributed by atoms with Crippen LogP contribution in [0.1, 0.15) is 39.5 Å². The smallest absolute Gasteiger partial charge is 0.335 e. The molecule has 1 heterocycles. The Morgan fingerprint density at radius 3 is 2.35 bits per heavy atom. The summed E-state index contributed by atoms with van der Waals surface area (Å²) in [7, 11) is 0. The Labute approximate surface area is 231 Å². The van der Waals surface area contributed by atoms with E-state index in [1.165, 1.54) is 18.2 Å². The molecule has 9 nitrogen and oxygen atoms in total. The van der Waals surface area contributed by atoms with Gasteiger partial charge in [0.05, 0.1) is 17.9 Å². The first-order chi connectivity index (χ1) is 19.2. The highest BCUT2D eigenvalue weighted by molar-refractivity contribution is 6.39. The number of imide groups is 2. The van der Waals surface area contributed by atoms with Crippen molar-refractivity contribution in [3.8, 4) is 11.5 Å². The number of aryl methyl sites for hydroxylation is 1. The highest BCUT2D eigenvalue weighted by Crippen LogP contribution is 2.36. The fourth-order valence-electron chi connectivity index (χ4n) is 4.15. The number of rotatable bonds is 10. The van der Waals surface area contributed by atoms with E-state index in [-0.39, 0.29) is 17.7 Å². The van der Waals surface area contributed by atoms with Crippen molar-refractivity contribution >= 4 is 35.6 Å². The number of nitrogens with one attached hydrogen (secondary N) is 1. The van der Waals surface area contributed by atoms with E-state index in [4.69, 9.17) is 14.6 Å². The van der Waals surface area contributed by atoms with Crippen LogP contribution in [-0.4, -0.2) is 35.5 Å². The summed E-state index contributed by atoms with van der Waals surface area (Å²) in [4.78, 5) is 50.6. The zero-order valence-corrected chi connectivity index (χ0v) is 22.1. The molecule has 1 saturated heterocycles. The minimum atomic E-state index is -1.01. The highest BCUT2D eigenvalue weighted by atomic mass is 16.5. The molecule has 1 aliphatic rings. The van der Waals surface area contributed by atoms with Gasteiger partial charge in [0, 0.05) is 5.56 Å². The molecule has 2 N–H and O–H groups in total. The molecular weight excluding hydrogens is 512 g/mol. The molecular formula is C31H28N2O7. The van der Waals surface area contributed by atoms with E-state index >= 15 is 0 Å². The van der Waals surface area contributed by atoms with Gasteiger partial charge in [0.15, 0.2) is 11.5 Å². The number of carboxylic acid groups (broad SMARTS) is 1. The van der Waals surface area contributed by atoms with Gasteiger partial charge in [-0.3, -0.25) is 14.9 Å². The molecule has 0 aliphatic carbocycles. The lowest BCUT2D eigenvalue weighted by molar-refractivity contribution is -0.122. The van der Waals surface area contributed by atoms with Crippen molar-refractivity contribution in [2.75, 3.05) is 11.5 Å². The van der Waals surface area contributed by atoms with Crippen molar-refractivity contribution in [2.45, 2.75) is 26.9 Å². The number of allylic oxidation sites excluding steroid dienone is 1. The number of nitrogens with zero attached hydrogens (tertiary/aromatic N) is 1. The van der Waals surface area contributed by atoms with Gasteiger partial charge in [-0.2, -0.15) is 0 Å². The van der Waals surface area contributed by atoms with Crippen molar-refractivity contribution in [1.82, 2.24) is 5.32 Å². The Hall–Kier alpha value is -5.18. The molecule has 0 aromatic heterocycles. The van der Waals surface area contributed by atoms with E-state index in [0.717, 1.165) is 16.0 Å². The third kappa shape index (κ3) is 6.10. The summed E-state index contributed by atoms with van der Waals surface area (Å²) in [5.74, 6) is -1.70. The molecule has 0 spiro atoms. The molecule has 9 heteroatoms. The van der Waals surface area contributed by atoms with Crippen LogP contribution in [0, 0.1) is 6.92 Å². The summed E-state index contributed by atoms with van der Waals surface area (Å²) >= 11 is 0. The van der Waals surface area contributed by atoms with Gasteiger partial charge in [0.2, 0.25) is 0 Å². The van der Waals surface area contributed by atoms with Crippen molar-refractivity contribution in [2.24, 2.45) is 0 Å². The van der Waals surface area contributed by atoms with Gasteiger partial charge in [-0.05, 0) is 73.9 Å². The third-order valence-electron chi connectivity index (χ3n) is 6.11. The molecule has 204 valence electrons. The van der Waals surface area contributed by atoms with Crippen molar-refractivity contribution in [3.63, 3.8) is 0 Å². The lowest BCUT2D eigenvalue weighted by atomic mass is 10.0. The molecule has 0 radical (unpaired) electrons. The number of amides is 4. The predicted octanol–water partition coefficient (Wildman–Crippen LogP) is 5.07. The van der Waals surface area contributed by atoms with E-state index in [0.29, 0.717) is 41.3 Å². The van der Waals surface area contributed by atoms with E-state index in [1.807, 2.05) is 13.8 Å². The standard InChI is InChI=1S/C31H28N2O7/c1-4-6-23-15-21(16-25-28(34)32-31(38)33(29(25)35)24-13-7-19(3)8-14-24)17-26(39-5-2)27(23)40-18-20-9-11-22(12-10-20)30(36)37/h4,7-17H,1,5-6,18H2,2-3H3,(H,36,37)(H,32,34,38)/b25-16+. The number of hydrogen-bond acceptors (Lipinski definition) is 6. The number of carbonyl (C=O) groups is 4. The van der Waals surface area contributed by atoms with Gasteiger partial charge in [0.25, 0.3) is 11.8 Å². The van der Waals surface area contributed by atoms with Gasteiger partial charge in [-0.15, -0.1) is 6.58 Å². The summed E-state index contributed by atoms with van der Waals surface area (Å²) in [5.41, 5.74) is 3.22. The van der Waals surface area contributed by atoms with Crippen LogP contribution < -0.4 is 19.7 Å². The second kappa shape index (κ2) is 12.1. The average molecular weight is 541 g/mol. The molecule has 0 unspecified atom stereocenters. The fourth-order valence-corrected chi connectivity index (χ4v) is 4.15. The van der Waals surface area contributed by atoms with Gasteiger partial charge >= 0.3 is 12.0 Å². The van der Waals surface area contributed by atoms with Crippen LogP contribution in [-0.2, 0) is 22.6 Å². The summed E-state index contributed by atoms with van der Waals surface area (Å²) in [6.45, 7) is 7.99. The second-order valence-corrected chi connectivity index (χ2v) is 9.02. The minimum absolute atomic E-state index is 0.152. The Morgan fingerprint density at radius 1 is 1.02 bits per heavy atom.